The number of para-hydroxylation sites is 1. The number of hydrogen-bond acceptors (Lipinski definition) is 5. The molecule has 1 aliphatic rings. The molecule has 0 unspecified atom stereocenters. The van der Waals surface area contributed by atoms with Crippen LogP contribution >= 0.6 is 0 Å². The van der Waals surface area contributed by atoms with Gasteiger partial charge in [0, 0.05) is 18.7 Å². The number of rotatable bonds is 5. The second kappa shape index (κ2) is 9.14. The molecule has 0 radical (unpaired) electrons. The quantitative estimate of drug-likeness (QED) is 0.593. The van der Waals surface area contributed by atoms with Crippen LogP contribution in [-0.4, -0.2) is 58.5 Å². The van der Waals surface area contributed by atoms with Crippen molar-refractivity contribution in [3.05, 3.63) is 72.4 Å². The summed E-state index contributed by atoms with van der Waals surface area (Å²) in [7, 11) is 0. The van der Waals surface area contributed by atoms with Crippen molar-refractivity contribution in [1.29, 1.82) is 0 Å². The van der Waals surface area contributed by atoms with Crippen molar-refractivity contribution >= 4 is 11.9 Å². The highest BCUT2D eigenvalue weighted by atomic mass is 16.5. The molecule has 7 nitrogen and oxygen atoms in total. The number of morpholine rings is 1. The van der Waals surface area contributed by atoms with Gasteiger partial charge in [0.05, 0.1) is 23.6 Å². The van der Waals surface area contributed by atoms with Gasteiger partial charge >= 0.3 is 5.97 Å². The molecule has 1 aliphatic heterocycles. The number of carbonyl (C=O) groups is 2. The fraction of sp³-hybridized carbons (Fsp3) is 0.292. The molecule has 31 heavy (non-hydrogen) atoms. The Labute approximate surface area is 181 Å². The molecule has 4 rings (SSSR count). The number of aromatic nitrogens is 2. The number of amides is 1. The monoisotopic (exact) mass is 419 g/mol. The molecule has 7 heteroatoms. The van der Waals surface area contributed by atoms with E-state index in [4.69, 9.17) is 9.47 Å². The molecule has 0 spiro atoms. The van der Waals surface area contributed by atoms with Crippen LogP contribution in [0.4, 0.5) is 0 Å². The van der Waals surface area contributed by atoms with E-state index in [1.165, 1.54) is 0 Å². The van der Waals surface area contributed by atoms with E-state index in [2.05, 4.69) is 5.10 Å². The minimum atomic E-state index is -0.596. The van der Waals surface area contributed by atoms with E-state index in [0.717, 1.165) is 11.3 Å². The van der Waals surface area contributed by atoms with E-state index >= 15 is 0 Å². The topological polar surface area (TPSA) is 73.7 Å². The van der Waals surface area contributed by atoms with Gasteiger partial charge in [-0.15, -0.1) is 0 Å². The summed E-state index contributed by atoms with van der Waals surface area (Å²) in [5, 5.41) is 4.61. The highest BCUT2D eigenvalue weighted by Crippen LogP contribution is 2.22. The largest absolute Gasteiger partial charge is 0.451 e. The molecule has 2 atom stereocenters. The first-order valence-electron chi connectivity index (χ1n) is 10.3. The van der Waals surface area contributed by atoms with E-state index in [0.29, 0.717) is 18.8 Å². The molecule has 2 aromatic carbocycles. The first kappa shape index (κ1) is 20.8. The van der Waals surface area contributed by atoms with Gasteiger partial charge in [-0.25, -0.2) is 9.48 Å². The molecule has 2 heterocycles. The Kier molecular flexibility index (Phi) is 6.13. The van der Waals surface area contributed by atoms with Gasteiger partial charge in [0.25, 0.3) is 5.91 Å². The lowest BCUT2D eigenvalue weighted by Gasteiger charge is -2.35. The third-order valence-electron chi connectivity index (χ3n) is 5.09. The van der Waals surface area contributed by atoms with Crippen LogP contribution in [0.2, 0.25) is 0 Å². The predicted octanol–water partition coefficient (Wildman–Crippen LogP) is 3.33. The maximum Gasteiger partial charge on any atom is 0.357 e. The van der Waals surface area contributed by atoms with Crippen molar-refractivity contribution in [3.63, 3.8) is 0 Å². The molecule has 160 valence electrons. The van der Waals surface area contributed by atoms with Crippen molar-refractivity contribution in [1.82, 2.24) is 14.7 Å². The molecule has 0 bridgehead atoms. The number of benzene rings is 2. The molecule has 1 amide bonds. The summed E-state index contributed by atoms with van der Waals surface area (Å²) in [5.41, 5.74) is 2.54. The molecule has 1 fully saturated rings. The summed E-state index contributed by atoms with van der Waals surface area (Å²) in [6.07, 6.45) is -0.0901. The van der Waals surface area contributed by atoms with Gasteiger partial charge in [-0.05, 0) is 32.0 Å². The Morgan fingerprint density at radius 3 is 2.26 bits per heavy atom. The van der Waals surface area contributed by atoms with E-state index in [1.54, 1.807) is 15.6 Å². The van der Waals surface area contributed by atoms with Gasteiger partial charge in [-0.3, -0.25) is 4.79 Å². The molecule has 0 N–H and O–H groups in total. The summed E-state index contributed by atoms with van der Waals surface area (Å²) in [4.78, 5) is 27.2. The van der Waals surface area contributed by atoms with Crippen molar-refractivity contribution in [2.45, 2.75) is 26.1 Å². The molecule has 0 saturated carbocycles. The zero-order chi connectivity index (χ0) is 21.8. The van der Waals surface area contributed by atoms with Gasteiger partial charge in [0.15, 0.2) is 12.3 Å². The predicted molar refractivity (Wildman–Crippen MR) is 116 cm³/mol. The Morgan fingerprint density at radius 2 is 1.61 bits per heavy atom. The van der Waals surface area contributed by atoms with Crippen LogP contribution in [0.3, 0.4) is 0 Å². The fourth-order valence-corrected chi connectivity index (χ4v) is 3.72. The Morgan fingerprint density at radius 1 is 1.00 bits per heavy atom. The lowest BCUT2D eigenvalue weighted by molar-refractivity contribution is -0.146. The zero-order valence-corrected chi connectivity index (χ0v) is 17.6. The van der Waals surface area contributed by atoms with Crippen LogP contribution in [0.15, 0.2) is 66.7 Å². The fourth-order valence-electron chi connectivity index (χ4n) is 3.72. The van der Waals surface area contributed by atoms with Crippen LogP contribution in [-0.2, 0) is 14.3 Å². The molecular weight excluding hydrogens is 394 g/mol. The maximum atomic E-state index is 12.9. The second-order valence-electron chi connectivity index (χ2n) is 7.66. The van der Waals surface area contributed by atoms with E-state index in [9.17, 15) is 9.59 Å². The number of esters is 1. The first-order chi connectivity index (χ1) is 15.0. The summed E-state index contributed by atoms with van der Waals surface area (Å²) in [6, 6.07) is 20.7. The molecule has 1 saturated heterocycles. The van der Waals surface area contributed by atoms with Gasteiger partial charge in [-0.1, -0.05) is 48.5 Å². The van der Waals surface area contributed by atoms with Gasteiger partial charge in [-0.2, -0.15) is 5.10 Å². The van der Waals surface area contributed by atoms with Crippen molar-refractivity contribution < 1.29 is 19.1 Å². The number of hydrogen-bond donors (Lipinski definition) is 0. The molecule has 1 aromatic heterocycles. The standard InChI is InChI=1S/C24H25N3O4/c1-17-14-26(15-18(2)31-17)23(28)16-30-24(29)22-13-21(19-9-5-3-6-10-19)25-27(22)20-11-7-4-8-12-20/h3-13,17-18H,14-16H2,1-2H3/t17-,18+. The van der Waals surface area contributed by atoms with Crippen LogP contribution in [0, 0.1) is 0 Å². The zero-order valence-electron chi connectivity index (χ0n) is 17.6. The molecule has 0 aliphatic carbocycles. The number of nitrogens with zero attached hydrogens (tertiary/aromatic N) is 3. The van der Waals surface area contributed by atoms with Gasteiger partial charge in [0.2, 0.25) is 0 Å². The highest BCUT2D eigenvalue weighted by Gasteiger charge is 2.27. The SMILES string of the molecule is C[C@@H]1CN(C(=O)COC(=O)c2cc(-c3ccccc3)nn2-c2ccccc2)C[C@H](C)O1. The Bertz CT molecular complexity index is 1040. The summed E-state index contributed by atoms with van der Waals surface area (Å²) < 4.78 is 12.6. The normalized spacial score (nSPS) is 18.6. The maximum absolute atomic E-state index is 12.9. The minimum absolute atomic E-state index is 0.0451. The van der Waals surface area contributed by atoms with E-state index in [1.807, 2.05) is 74.5 Å². The lowest BCUT2D eigenvalue weighted by atomic mass is 10.1. The molecular formula is C24H25N3O4. The third kappa shape index (κ3) is 4.83. The minimum Gasteiger partial charge on any atom is -0.451 e. The second-order valence-corrected chi connectivity index (χ2v) is 7.66. The number of carbonyl (C=O) groups excluding carboxylic acids is 2. The first-order valence-corrected chi connectivity index (χ1v) is 10.3. The smallest absolute Gasteiger partial charge is 0.357 e. The van der Waals surface area contributed by atoms with Gasteiger partial charge in [0.1, 0.15) is 0 Å². The van der Waals surface area contributed by atoms with Crippen molar-refractivity contribution in [3.8, 4) is 16.9 Å². The Balaban J connectivity index is 1.54. The number of ether oxygens (including phenoxy) is 2. The average Bonchev–Trinajstić information content (AvgIpc) is 3.23. The van der Waals surface area contributed by atoms with Crippen LogP contribution in [0.25, 0.3) is 16.9 Å². The van der Waals surface area contributed by atoms with E-state index in [-0.39, 0.29) is 30.4 Å². The average molecular weight is 419 g/mol. The van der Waals surface area contributed by atoms with Crippen molar-refractivity contribution in [2.75, 3.05) is 19.7 Å². The third-order valence-corrected chi connectivity index (χ3v) is 5.09. The summed E-state index contributed by atoms with van der Waals surface area (Å²) in [6.45, 7) is 4.50. The van der Waals surface area contributed by atoms with E-state index < -0.39 is 5.97 Å². The summed E-state index contributed by atoms with van der Waals surface area (Å²) in [5.74, 6) is -0.828. The van der Waals surface area contributed by atoms with Crippen LogP contribution in [0.1, 0.15) is 24.3 Å². The van der Waals surface area contributed by atoms with Crippen molar-refractivity contribution in [2.24, 2.45) is 0 Å². The van der Waals surface area contributed by atoms with Crippen LogP contribution < -0.4 is 0 Å². The summed E-state index contributed by atoms with van der Waals surface area (Å²) >= 11 is 0. The Hall–Kier alpha value is -3.45. The van der Waals surface area contributed by atoms with Gasteiger partial charge < -0.3 is 14.4 Å². The molecule has 3 aromatic rings. The highest BCUT2D eigenvalue weighted by molar-refractivity contribution is 5.91. The lowest BCUT2D eigenvalue weighted by Crippen LogP contribution is -2.49. The van der Waals surface area contributed by atoms with Crippen LogP contribution in [0.5, 0.6) is 0 Å².